The highest BCUT2D eigenvalue weighted by molar-refractivity contribution is 5.88. The summed E-state index contributed by atoms with van der Waals surface area (Å²) in [5.41, 5.74) is 3.34. The first kappa shape index (κ1) is 14.1. The van der Waals surface area contributed by atoms with Crippen molar-refractivity contribution in [2.24, 2.45) is 5.90 Å². The minimum Gasteiger partial charge on any atom is -0.370 e. The van der Waals surface area contributed by atoms with Crippen molar-refractivity contribution in [3.8, 4) is 0 Å². The number of aromatic nitrogens is 1. The molecule has 3 aromatic rings. The SMILES string of the molecule is NOC(=O)C=Cc1ccc2c(ccn2Cc2ccccc2)c1. The van der Waals surface area contributed by atoms with Crippen molar-refractivity contribution in [3.05, 3.63) is 78.0 Å². The summed E-state index contributed by atoms with van der Waals surface area (Å²) in [5.74, 6) is 4.23. The Morgan fingerprint density at radius 3 is 2.73 bits per heavy atom. The van der Waals surface area contributed by atoms with E-state index in [1.807, 2.05) is 36.4 Å². The van der Waals surface area contributed by atoms with Crippen LogP contribution in [0, 0.1) is 0 Å². The average molecular weight is 292 g/mol. The van der Waals surface area contributed by atoms with Gasteiger partial charge in [0.2, 0.25) is 0 Å². The summed E-state index contributed by atoms with van der Waals surface area (Å²) in [7, 11) is 0. The van der Waals surface area contributed by atoms with E-state index >= 15 is 0 Å². The topological polar surface area (TPSA) is 57.2 Å². The molecule has 2 aromatic carbocycles. The van der Waals surface area contributed by atoms with Crippen LogP contribution in [0.25, 0.3) is 17.0 Å². The molecular weight excluding hydrogens is 276 g/mol. The molecule has 3 rings (SSSR count). The molecule has 0 aliphatic rings. The Balaban J connectivity index is 1.86. The third-order valence-corrected chi connectivity index (χ3v) is 3.52. The number of hydrogen-bond donors (Lipinski definition) is 1. The number of nitrogens with zero attached hydrogens (tertiary/aromatic N) is 1. The highest BCUT2D eigenvalue weighted by atomic mass is 16.7. The number of carbonyl (C=O) groups excluding carboxylic acids is 1. The standard InChI is InChI=1S/C18H16N2O2/c19-22-18(21)9-7-14-6-8-17-16(12-14)10-11-20(17)13-15-4-2-1-3-5-15/h1-12H,13,19H2. The number of rotatable bonds is 4. The monoisotopic (exact) mass is 292 g/mol. The Morgan fingerprint density at radius 2 is 1.95 bits per heavy atom. The zero-order valence-corrected chi connectivity index (χ0v) is 12.0. The largest absolute Gasteiger partial charge is 0.370 e. The fourth-order valence-corrected chi connectivity index (χ4v) is 2.44. The molecule has 0 bridgehead atoms. The third-order valence-electron chi connectivity index (χ3n) is 3.52. The maximum atomic E-state index is 11.0. The summed E-state index contributed by atoms with van der Waals surface area (Å²) < 4.78 is 2.20. The van der Waals surface area contributed by atoms with Gasteiger partial charge in [-0.1, -0.05) is 36.4 Å². The van der Waals surface area contributed by atoms with Crippen molar-refractivity contribution < 1.29 is 9.63 Å². The molecular formula is C18H16N2O2. The van der Waals surface area contributed by atoms with E-state index in [2.05, 4.69) is 33.8 Å². The summed E-state index contributed by atoms with van der Waals surface area (Å²) >= 11 is 0. The van der Waals surface area contributed by atoms with E-state index < -0.39 is 5.97 Å². The van der Waals surface area contributed by atoms with Crippen LogP contribution in [0.5, 0.6) is 0 Å². The number of carbonyl (C=O) groups is 1. The fourth-order valence-electron chi connectivity index (χ4n) is 2.44. The van der Waals surface area contributed by atoms with E-state index in [9.17, 15) is 4.79 Å². The number of hydrogen-bond acceptors (Lipinski definition) is 3. The molecule has 0 aliphatic carbocycles. The van der Waals surface area contributed by atoms with Crippen molar-refractivity contribution in [1.29, 1.82) is 0 Å². The van der Waals surface area contributed by atoms with Crippen molar-refractivity contribution >= 4 is 22.9 Å². The van der Waals surface area contributed by atoms with Crippen LogP contribution in [0.4, 0.5) is 0 Å². The van der Waals surface area contributed by atoms with Gasteiger partial charge in [0.05, 0.1) is 0 Å². The van der Waals surface area contributed by atoms with E-state index in [1.165, 1.54) is 11.6 Å². The van der Waals surface area contributed by atoms with Gasteiger partial charge in [-0.2, -0.15) is 5.90 Å². The van der Waals surface area contributed by atoms with Gasteiger partial charge >= 0.3 is 5.97 Å². The predicted octanol–water partition coefficient (Wildman–Crippen LogP) is 3.12. The summed E-state index contributed by atoms with van der Waals surface area (Å²) in [6, 6.07) is 18.4. The normalized spacial score (nSPS) is 11.1. The second-order valence-electron chi connectivity index (χ2n) is 5.02. The van der Waals surface area contributed by atoms with Crippen LogP contribution < -0.4 is 5.90 Å². The van der Waals surface area contributed by atoms with Crippen LogP contribution in [-0.4, -0.2) is 10.5 Å². The van der Waals surface area contributed by atoms with Crippen molar-refractivity contribution in [2.45, 2.75) is 6.54 Å². The maximum absolute atomic E-state index is 11.0. The molecule has 0 aliphatic heterocycles. The van der Waals surface area contributed by atoms with Gasteiger partial charge in [-0.05, 0) is 35.4 Å². The minimum absolute atomic E-state index is 0.568. The lowest BCUT2D eigenvalue weighted by Gasteiger charge is -2.06. The highest BCUT2D eigenvalue weighted by Crippen LogP contribution is 2.19. The summed E-state index contributed by atoms with van der Waals surface area (Å²) in [5, 5.41) is 1.12. The molecule has 1 aromatic heterocycles. The molecule has 0 unspecified atom stereocenters. The first-order valence-corrected chi connectivity index (χ1v) is 6.98. The van der Waals surface area contributed by atoms with Gasteiger partial charge < -0.3 is 9.40 Å². The molecule has 22 heavy (non-hydrogen) atoms. The minimum atomic E-state index is -0.568. The molecule has 0 spiro atoms. The van der Waals surface area contributed by atoms with Gasteiger partial charge in [0.1, 0.15) is 0 Å². The lowest BCUT2D eigenvalue weighted by atomic mass is 10.1. The van der Waals surface area contributed by atoms with Gasteiger partial charge in [0.25, 0.3) is 0 Å². The van der Waals surface area contributed by atoms with E-state index in [-0.39, 0.29) is 0 Å². The third kappa shape index (κ3) is 3.07. The Hall–Kier alpha value is -2.85. The van der Waals surface area contributed by atoms with Crippen LogP contribution in [0.1, 0.15) is 11.1 Å². The van der Waals surface area contributed by atoms with E-state index in [0.29, 0.717) is 0 Å². The van der Waals surface area contributed by atoms with Crippen LogP contribution in [0.15, 0.2) is 66.9 Å². The molecule has 0 saturated carbocycles. The van der Waals surface area contributed by atoms with E-state index in [1.54, 1.807) is 6.08 Å². The first-order valence-electron chi connectivity index (χ1n) is 6.98. The molecule has 0 fully saturated rings. The second kappa shape index (κ2) is 6.28. The van der Waals surface area contributed by atoms with Crippen molar-refractivity contribution in [2.75, 3.05) is 0 Å². The molecule has 2 N–H and O–H groups in total. The number of benzene rings is 2. The van der Waals surface area contributed by atoms with Gasteiger partial charge in [-0.3, -0.25) is 0 Å². The molecule has 110 valence electrons. The highest BCUT2D eigenvalue weighted by Gasteiger charge is 2.02. The van der Waals surface area contributed by atoms with Gasteiger partial charge in [0, 0.05) is 29.7 Å². The maximum Gasteiger partial charge on any atom is 0.349 e. The van der Waals surface area contributed by atoms with E-state index in [4.69, 9.17) is 5.90 Å². The van der Waals surface area contributed by atoms with Crippen LogP contribution >= 0.6 is 0 Å². The quantitative estimate of drug-likeness (QED) is 0.594. The van der Waals surface area contributed by atoms with Crippen molar-refractivity contribution in [3.63, 3.8) is 0 Å². The molecule has 0 radical (unpaired) electrons. The summed E-state index contributed by atoms with van der Waals surface area (Å²) in [4.78, 5) is 15.1. The number of fused-ring (bicyclic) bond motifs is 1. The van der Waals surface area contributed by atoms with E-state index in [0.717, 1.165) is 23.0 Å². The molecule has 0 amide bonds. The summed E-state index contributed by atoms with van der Waals surface area (Å²) in [6.45, 7) is 0.832. The molecule has 0 atom stereocenters. The van der Waals surface area contributed by atoms with Crippen LogP contribution in [0.3, 0.4) is 0 Å². The Labute approximate surface area is 128 Å². The summed E-state index contributed by atoms with van der Waals surface area (Å²) in [6.07, 6.45) is 5.06. The average Bonchev–Trinajstić information content (AvgIpc) is 2.96. The zero-order valence-electron chi connectivity index (χ0n) is 12.0. The fraction of sp³-hybridized carbons (Fsp3) is 0.0556. The van der Waals surface area contributed by atoms with Crippen LogP contribution in [-0.2, 0) is 16.2 Å². The van der Waals surface area contributed by atoms with Gasteiger partial charge in [0.15, 0.2) is 0 Å². The van der Waals surface area contributed by atoms with Crippen molar-refractivity contribution in [1.82, 2.24) is 4.57 Å². The Morgan fingerprint density at radius 1 is 1.14 bits per heavy atom. The lowest BCUT2D eigenvalue weighted by Crippen LogP contribution is -2.05. The molecule has 4 nitrogen and oxygen atoms in total. The Bertz CT molecular complexity index is 819. The zero-order chi connectivity index (χ0) is 15.4. The first-order chi connectivity index (χ1) is 10.8. The number of nitrogens with two attached hydrogens (primary N) is 1. The lowest BCUT2D eigenvalue weighted by molar-refractivity contribution is -0.138. The predicted molar refractivity (Wildman–Crippen MR) is 86.8 cm³/mol. The van der Waals surface area contributed by atoms with Gasteiger partial charge in [-0.25, -0.2) is 4.79 Å². The molecule has 4 heteroatoms. The molecule has 0 saturated heterocycles. The Kier molecular flexibility index (Phi) is 4.03. The van der Waals surface area contributed by atoms with Gasteiger partial charge in [-0.15, -0.1) is 0 Å². The van der Waals surface area contributed by atoms with Crippen LogP contribution in [0.2, 0.25) is 0 Å². The second-order valence-corrected chi connectivity index (χ2v) is 5.02. The smallest absolute Gasteiger partial charge is 0.349 e. The molecule has 1 heterocycles.